The molecule has 0 saturated carbocycles. The number of rotatable bonds is 5. The van der Waals surface area contributed by atoms with Crippen LogP contribution in [0.4, 0.5) is 11.4 Å². The Hall–Kier alpha value is -3.12. The summed E-state index contributed by atoms with van der Waals surface area (Å²) in [6.07, 6.45) is -0.244. The first-order valence-corrected chi connectivity index (χ1v) is 9.09. The van der Waals surface area contributed by atoms with Crippen molar-refractivity contribution >= 4 is 40.8 Å². The van der Waals surface area contributed by atoms with E-state index in [-0.39, 0.29) is 16.8 Å². The van der Waals surface area contributed by atoms with E-state index in [2.05, 4.69) is 5.32 Å². The Bertz CT molecular complexity index is 980. The second-order valence-corrected chi connectivity index (χ2v) is 6.95. The predicted octanol–water partition coefficient (Wildman–Crippen LogP) is 4.00. The van der Waals surface area contributed by atoms with Crippen LogP contribution >= 0.6 is 11.6 Å². The molecular formula is C21H19ClN2O4. The molecule has 0 spiro atoms. The van der Waals surface area contributed by atoms with E-state index in [1.807, 2.05) is 25.1 Å². The van der Waals surface area contributed by atoms with Crippen LogP contribution in [0, 0.1) is 6.92 Å². The van der Waals surface area contributed by atoms with Gasteiger partial charge in [-0.3, -0.25) is 9.59 Å². The molecule has 0 atom stereocenters. The summed E-state index contributed by atoms with van der Waals surface area (Å²) in [6, 6.07) is 13.4. The fraction of sp³-hybridized carbons (Fsp3) is 0.190. The third kappa shape index (κ3) is 3.77. The molecule has 0 bridgehead atoms. The molecule has 7 heteroatoms. The zero-order valence-electron chi connectivity index (χ0n) is 15.7. The van der Waals surface area contributed by atoms with Gasteiger partial charge in [0.1, 0.15) is 10.7 Å². The molecule has 0 unspecified atom stereocenters. The Morgan fingerprint density at radius 2 is 1.68 bits per heavy atom. The lowest BCUT2D eigenvalue weighted by Gasteiger charge is -2.16. The lowest BCUT2D eigenvalue weighted by molar-refractivity contribution is -0.120. The number of ether oxygens (including phenoxy) is 1. The van der Waals surface area contributed by atoms with Crippen LogP contribution in [0.25, 0.3) is 0 Å². The molecule has 0 aliphatic carbocycles. The van der Waals surface area contributed by atoms with Crippen LogP contribution in [0.1, 0.15) is 29.8 Å². The Morgan fingerprint density at radius 1 is 1.04 bits per heavy atom. The number of imide groups is 1. The number of para-hydroxylation sites is 1. The second kappa shape index (κ2) is 7.86. The zero-order chi connectivity index (χ0) is 20.4. The average molecular weight is 399 g/mol. The van der Waals surface area contributed by atoms with Gasteiger partial charge in [-0.15, -0.1) is 0 Å². The van der Waals surface area contributed by atoms with Gasteiger partial charge in [0.25, 0.3) is 11.8 Å². The first kappa shape index (κ1) is 19.6. The topological polar surface area (TPSA) is 75.7 Å². The summed E-state index contributed by atoms with van der Waals surface area (Å²) < 4.78 is 5.13. The van der Waals surface area contributed by atoms with Crippen molar-refractivity contribution in [1.82, 2.24) is 0 Å². The monoisotopic (exact) mass is 398 g/mol. The maximum atomic E-state index is 12.8. The largest absolute Gasteiger partial charge is 0.459 e. The minimum Gasteiger partial charge on any atom is -0.459 e. The van der Waals surface area contributed by atoms with Crippen molar-refractivity contribution in [3.63, 3.8) is 0 Å². The summed E-state index contributed by atoms with van der Waals surface area (Å²) in [7, 11) is 0. The number of benzene rings is 2. The highest BCUT2D eigenvalue weighted by molar-refractivity contribution is 6.53. The standard InChI is InChI=1S/C21H19ClN2O4/c1-12(2)28-21(27)14-8-10-15(11-9-14)24-19(25)17(22)18(20(24)26)23-16-7-5-4-6-13(16)3/h4-12,23H,1-3H3. The van der Waals surface area contributed by atoms with Gasteiger partial charge in [0, 0.05) is 5.69 Å². The van der Waals surface area contributed by atoms with Gasteiger partial charge in [-0.25, -0.2) is 9.69 Å². The van der Waals surface area contributed by atoms with Crippen molar-refractivity contribution in [2.45, 2.75) is 26.9 Å². The number of nitrogens with zero attached hydrogens (tertiary/aromatic N) is 1. The molecule has 28 heavy (non-hydrogen) atoms. The highest BCUT2D eigenvalue weighted by Gasteiger charge is 2.39. The quantitative estimate of drug-likeness (QED) is 0.608. The molecule has 0 saturated heterocycles. The summed E-state index contributed by atoms with van der Waals surface area (Å²) in [5.41, 5.74) is 2.26. The number of nitrogens with one attached hydrogen (secondary N) is 1. The highest BCUT2D eigenvalue weighted by Crippen LogP contribution is 2.31. The molecule has 1 N–H and O–H groups in total. The van der Waals surface area contributed by atoms with Gasteiger partial charge in [0.2, 0.25) is 0 Å². The molecule has 6 nitrogen and oxygen atoms in total. The van der Waals surface area contributed by atoms with Crippen molar-refractivity contribution in [2.24, 2.45) is 0 Å². The van der Waals surface area contributed by atoms with Gasteiger partial charge in [0.05, 0.1) is 17.4 Å². The molecule has 144 valence electrons. The summed E-state index contributed by atoms with van der Waals surface area (Å²) in [4.78, 5) is 38.3. The highest BCUT2D eigenvalue weighted by atomic mass is 35.5. The van der Waals surface area contributed by atoms with Crippen LogP contribution in [0.5, 0.6) is 0 Å². The van der Waals surface area contributed by atoms with Gasteiger partial charge < -0.3 is 10.1 Å². The smallest absolute Gasteiger partial charge is 0.338 e. The zero-order valence-corrected chi connectivity index (χ0v) is 16.4. The number of carbonyl (C=O) groups excluding carboxylic acids is 3. The van der Waals surface area contributed by atoms with E-state index < -0.39 is 17.8 Å². The lowest BCUT2D eigenvalue weighted by atomic mass is 10.2. The molecule has 1 heterocycles. The maximum absolute atomic E-state index is 12.8. The van der Waals surface area contributed by atoms with Gasteiger partial charge in [-0.05, 0) is 56.7 Å². The van der Waals surface area contributed by atoms with Crippen LogP contribution in [-0.4, -0.2) is 23.9 Å². The van der Waals surface area contributed by atoms with Crippen molar-refractivity contribution in [2.75, 3.05) is 10.2 Å². The number of amides is 2. The van der Waals surface area contributed by atoms with Crippen LogP contribution < -0.4 is 10.2 Å². The van der Waals surface area contributed by atoms with Crippen LogP contribution in [0.2, 0.25) is 0 Å². The third-order valence-electron chi connectivity index (χ3n) is 4.14. The van der Waals surface area contributed by atoms with E-state index in [1.165, 1.54) is 24.3 Å². The van der Waals surface area contributed by atoms with E-state index >= 15 is 0 Å². The molecule has 1 aliphatic rings. The Morgan fingerprint density at radius 3 is 2.29 bits per heavy atom. The minimum absolute atomic E-state index is 0.0178. The van der Waals surface area contributed by atoms with Gasteiger partial charge in [0.15, 0.2) is 0 Å². The average Bonchev–Trinajstić information content (AvgIpc) is 2.86. The van der Waals surface area contributed by atoms with E-state index in [0.29, 0.717) is 16.9 Å². The second-order valence-electron chi connectivity index (χ2n) is 6.58. The van der Waals surface area contributed by atoms with E-state index in [1.54, 1.807) is 19.9 Å². The molecule has 2 aromatic carbocycles. The SMILES string of the molecule is Cc1ccccc1NC1=C(Cl)C(=O)N(c2ccc(C(=O)OC(C)C)cc2)C1=O. The van der Waals surface area contributed by atoms with Crippen LogP contribution in [0.15, 0.2) is 59.3 Å². The Labute approximate surface area is 167 Å². The molecule has 2 amide bonds. The first-order chi connectivity index (χ1) is 13.3. The van der Waals surface area contributed by atoms with Crippen LogP contribution in [-0.2, 0) is 14.3 Å². The molecule has 0 fully saturated rings. The lowest BCUT2D eigenvalue weighted by Crippen LogP contribution is -2.32. The number of hydrogen-bond donors (Lipinski definition) is 1. The van der Waals surface area contributed by atoms with Crippen molar-refractivity contribution in [3.8, 4) is 0 Å². The van der Waals surface area contributed by atoms with E-state index in [0.717, 1.165) is 10.5 Å². The van der Waals surface area contributed by atoms with Crippen molar-refractivity contribution < 1.29 is 19.1 Å². The molecule has 3 rings (SSSR count). The summed E-state index contributed by atoms with van der Waals surface area (Å²) >= 11 is 6.14. The number of hydrogen-bond acceptors (Lipinski definition) is 5. The normalized spacial score (nSPS) is 14.1. The number of anilines is 2. The number of halogens is 1. The van der Waals surface area contributed by atoms with E-state index in [4.69, 9.17) is 16.3 Å². The Kier molecular flexibility index (Phi) is 5.51. The maximum Gasteiger partial charge on any atom is 0.338 e. The third-order valence-corrected chi connectivity index (χ3v) is 4.49. The molecular weight excluding hydrogens is 380 g/mol. The fourth-order valence-corrected chi connectivity index (χ4v) is 2.93. The van der Waals surface area contributed by atoms with E-state index in [9.17, 15) is 14.4 Å². The number of esters is 1. The number of aryl methyl sites for hydroxylation is 1. The predicted molar refractivity (Wildman–Crippen MR) is 107 cm³/mol. The first-order valence-electron chi connectivity index (χ1n) is 8.72. The van der Waals surface area contributed by atoms with Crippen LogP contribution in [0.3, 0.4) is 0 Å². The fourth-order valence-electron chi connectivity index (χ4n) is 2.72. The molecule has 0 aromatic heterocycles. The summed E-state index contributed by atoms with van der Waals surface area (Å²) in [5, 5.41) is 2.77. The summed E-state index contributed by atoms with van der Waals surface area (Å²) in [6.45, 7) is 5.39. The van der Waals surface area contributed by atoms with Gasteiger partial charge >= 0.3 is 5.97 Å². The molecule has 2 aromatic rings. The Balaban J connectivity index is 1.83. The molecule has 1 aliphatic heterocycles. The van der Waals surface area contributed by atoms with Gasteiger partial charge in [-0.1, -0.05) is 29.8 Å². The van der Waals surface area contributed by atoms with Crippen molar-refractivity contribution in [1.29, 1.82) is 0 Å². The minimum atomic E-state index is -0.625. The molecule has 0 radical (unpaired) electrons. The number of carbonyl (C=O) groups is 3. The van der Waals surface area contributed by atoms with Gasteiger partial charge in [-0.2, -0.15) is 0 Å². The van der Waals surface area contributed by atoms with Crippen molar-refractivity contribution in [3.05, 3.63) is 70.4 Å². The summed E-state index contributed by atoms with van der Waals surface area (Å²) in [5.74, 6) is -1.66.